The van der Waals surface area contributed by atoms with Crippen molar-refractivity contribution in [2.45, 2.75) is 22.3 Å². The minimum atomic E-state index is -2.11. The summed E-state index contributed by atoms with van der Waals surface area (Å²) in [7, 11) is 0. The summed E-state index contributed by atoms with van der Waals surface area (Å²) in [5, 5.41) is 0.909. The van der Waals surface area contributed by atoms with Crippen LogP contribution in [0.15, 0.2) is 42.6 Å². The molecule has 3 atom stereocenters. The van der Waals surface area contributed by atoms with Crippen LogP contribution in [0.1, 0.15) is 24.1 Å². The molecule has 0 spiro atoms. The largest absolute Gasteiger partial charge is 0.272 e. The van der Waals surface area contributed by atoms with Crippen LogP contribution >= 0.6 is 58.0 Å². The van der Waals surface area contributed by atoms with E-state index in [9.17, 15) is 4.21 Å². The molecule has 0 saturated carbocycles. The zero-order valence-electron chi connectivity index (χ0n) is 14.2. The molecule has 152 valence electrons. The summed E-state index contributed by atoms with van der Waals surface area (Å²) in [4.78, 5) is 9.63. The van der Waals surface area contributed by atoms with Gasteiger partial charge in [-0.15, -0.1) is 0 Å². The third kappa shape index (κ3) is 4.92. The highest BCUT2D eigenvalue weighted by molar-refractivity contribution is 7.77. The fourth-order valence-corrected chi connectivity index (χ4v) is 4.35. The fraction of sp³-hybridized carbons (Fsp3) is 0.312. The van der Waals surface area contributed by atoms with Crippen LogP contribution in [-0.4, -0.2) is 24.1 Å². The van der Waals surface area contributed by atoms with Gasteiger partial charge in [-0.05, 0) is 40.7 Å². The lowest BCUT2D eigenvalue weighted by Gasteiger charge is -2.34. The van der Waals surface area contributed by atoms with Gasteiger partial charge in [-0.2, -0.15) is 10.4 Å². The van der Waals surface area contributed by atoms with E-state index in [1.807, 2.05) is 19.1 Å². The molecular formula is C16H14Cl5N3O3S. The van der Waals surface area contributed by atoms with E-state index in [1.54, 1.807) is 30.5 Å². The summed E-state index contributed by atoms with van der Waals surface area (Å²) >= 11 is 26.9. The highest BCUT2D eigenvalue weighted by atomic mass is 35.6. The minimum Gasteiger partial charge on any atom is -0.272 e. The van der Waals surface area contributed by atoms with Gasteiger partial charge in [0.15, 0.2) is 0 Å². The number of nitrogens with one attached hydrogen (secondary N) is 1. The third-order valence-electron chi connectivity index (χ3n) is 4.17. The van der Waals surface area contributed by atoms with Crippen molar-refractivity contribution in [2.24, 2.45) is 0 Å². The van der Waals surface area contributed by atoms with Crippen molar-refractivity contribution in [1.82, 2.24) is 14.9 Å². The van der Waals surface area contributed by atoms with E-state index in [1.165, 1.54) is 0 Å². The Kier molecular flexibility index (Phi) is 7.15. The van der Waals surface area contributed by atoms with Crippen LogP contribution < -0.4 is 5.48 Å². The van der Waals surface area contributed by atoms with Crippen molar-refractivity contribution < 1.29 is 13.3 Å². The van der Waals surface area contributed by atoms with E-state index in [0.717, 1.165) is 10.0 Å². The molecular weight excluding hydrogens is 492 g/mol. The Morgan fingerprint density at radius 3 is 2.50 bits per heavy atom. The predicted molar refractivity (Wildman–Crippen MR) is 111 cm³/mol. The highest BCUT2D eigenvalue weighted by Crippen LogP contribution is 2.45. The summed E-state index contributed by atoms with van der Waals surface area (Å²) in [6, 6.07) is 10.1. The quantitative estimate of drug-likeness (QED) is 0.455. The smallest absolute Gasteiger partial charge is 0.264 e. The van der Waals surface area contributed by atoms with E-state index in [2.05, 4.69) is 10.5 Å². The number of halogens is 5. The van der Waals surface area contributed by atoms with Gasteiger partial charge in [0.1, 0.15) is 17.3 Å². The van der Waals surface area contributed by atoms with Crippen LogP contribution in [-0.2, 0) is 25.9 Å². The van der Waals surface area contributed by atoms with Crippen LogP contribution in [0, 0.1) is 0 Å². The van der Waals surface area contributed by atoms with E-state index in [0.29, 0.717) is 15.7 Å². The topological polar surface area (TPSA) is 63.7 Å². The fourth-order valence-electron chi connectivity index (χ4n) is 2.76. The number of aromatic nitrogens is 1. The van der Waals surface area contributed by atoms with Crippen LogP contribution in [0.4, 0.5) is 0 Å². The van der Waals surface area contributed by atoms with Crippen molar-refractivity contribution >= 4 is 69.3 Å². The summed E-state index contributed by atoms with van der Waals surface area (Å²) in [5.74, 6) is 0. The molecule has 0 bridgehead atoms. The number of hydroxylamine groups is 2. The first-order valence-corrected chi connectivity index (χ1v) is 10.8. The highest BCUT2D eigenvalue weighted by Gasteiger charge is 2.53. The zero-order chi connectivity index (χ0) is 20.5. The molecule has 0 aliphatic carbocycles. The number of alkyl halides is 3. The van der Waals surface area contributed by atoms with E-state index < -0.39 is 33.2 Å². The number of benzene rings is 1. The molecule has 0 amide bonds. The predicted octanol–water partition coefficient (Wildman–Crippen LogP) is 5.06. The monoisotopic (exact) mass is 503 g/mol. The summed E-state index contributed by atoms with van der Waals surface area (Å²) in [6.07, 6.45) is 1.57. The molecule has 6 nitrogen and oxygen atoms in total. The normalized spacial score (nSPS) is 24.4. The van der Waals surface area contributed by atoms with Crippen LogP contribution in [0.2, 0.25) is 10.2 Å². The number of rotatable bonds is 5. The van der Waals surface area contributed by atoms with Gasteiger partial charge in [0.25, 0.3) is 11.3 Å². The van der Waals surface area contributed by atoms with Crippen LogP contribution in [0.5, 0.6) is 0 Å². The minimum absolute atomic E-state index is 0.322. The van der Waals surface area contributed by atoms with Crippen LogP contribution in [0.25, 0.3) is 0 Å². The van der Waals surface area contributed by atoms with Gasteiger partial charge in [-0.25, -0.2) is 9.19 Å². The molecule has 0 radical (unpaired) electrons. The van der Waals surface area contributed by atoms with Gasteiger partial charge in [0.2, 0.25) is 3.79 Å². The molecule has 2 aromatic rings. The number of nitrogens with zero attached hydrogens (tertiary/aromatic N) is 2. The molecule has 1 N–H and O–H groups in total. The maximum absolute atomic E-state index is 12.8. The molecule has 1 aliphatic heterocycles. The second kappa shape index (κ2) is 8.89. The summed E-state index contributed by atoms with van der Waals surface area (Å²) in [5.41, 5.74) is 3.37. The van der Waals surface area contributed by atoms with Gasteiger partial charge in [-0.1, -0.05) is 76.2 Å². The Bertz CT molecular complexity index is 850. The average Bonchev–Trinajstić information content (AvgIpc) is 2.99. The van der Waals surface area contributed by atoms with Crippen molar-refractivity contribution in [3.05, 3.63) is 63.9 Å². The maximum atomic E-state index is 12.8. The molecule has 28 heavy (non-hydrogen) atoms. The standard InChI is InChI=1S/C16H14Cl5N3O3S/c1-15(11-4-7-13(18)22-8-11)14(10-2-5-12(17)6-3-10)23-27-24(15)28(25)26-9-16(19,20)21/h2-8,14,23H,9H2,1H3. The van der Waals surface area contributed by atoms with E-state index >= 15 is 0 Å². The van der Waals surface area contributed by atoms with Crippen molar-refractivity contribution in [3.63, 3.8) is 0 Å². The Hall–Kier alpha value is -0.190. The lowest BCUT2D eigenvalue weighted by Crippen LogP contribution is -2.43. The third-order valence-corrected chi connectivity index (χ3v) is 6.02. The summed E-state index contributed by atoms with van der Waals surface area (Å²) in [6.45, 7) is 1.42. The maximum Gasteiger partial charge on any atom is 0.264 e. The van der Waals surface area contributed by atoms with E-state index in [4.69, 9.17) is 67.1 Å². The molecule has 1 fully saturated rings. The lowest BCUT2D eigenvalue weighted by molar-refractivity contribution is -0.125. The average molecular weight is 506 g/mol. The number of pyridine rings is 1. The van der Waals surface area contributed by atoms with Gasteiger partial charge < -0.3 is 0 Å². The Morgan fingerprint density at radius 1 is 1.25 bits per heavy atom. The molecule has 1 aromatic heterocycles. The first kappa shape index (κ1) is 22.5. The molecule has 1 saturated heterocycles. The lowest BCUT2D eigenvalue weighted by atomic mass is 9.83. The first-order chi connectivity index (χ1) is 13.1. The summed E-state index contributed by atoms with van der Waals surface area (Å²) < 4.78 is 17.4. The molecule has 3 rings (SSSR count). The first-order valence-electron chi connectivity index (χ1n) is 7.83. The molecule has 1 aromatic carbocycles. The Labute approximate surface area is 189 Å². The second-order valence-corrected chi connectivity index (χ2v) is 10.4. The SMILES string of the molecule is CC1(c2ccc(Cl)nc2)C(c2ccc(Cl)cc2)NON1S(=O)OCC(Cl)(Cl)Cl. The van der Waals surface area contributed by atoms with Gasteiger partial charge in [0.05, 0.1) is 6.04 Å². The van der Waals surface area contributed by atoms with Gasteiger partial charge in [0, 0.05) is 11.2 Å². The van der Waals surface area contributed by atoms with E-state index in [-0.39, 0.29) is 0 Å². The van der Waals surface area contributed by atoms with Gasteiger partial charge >= 0.3 is 0 Å². The Morgan fingerprint density at radius 2 is 1.93 bits per heavy atom. The number of hydrogen-bond donors (Lipinski definition) is 1. The van der Waals surface area contributed by atoms with Crippen molar-refractivity contribution in [1.29, 1.82) is 0 Å². The zero-order valence-corrected chi connectivity index (χ0v) is 18.8. The molecule has 12 heteroatoms. The number of hydrogen-bond acceptors (Lipinski definition) is 5. The molecule has 3 unspecified atom stereocenters. The van der Waals surface area contributed by atoms with Crippen molar-refractivity contribution in [3.8, 4) is 0 Å². The second-order valence-electron chi connectivity index (χ2n) is 6.06. The van der Waals surface area contributed by atoms with Crippen molar-refractivity contribution in [2.75, 3.05) is 6.61 Å². The molecule has 2 heterocycles. The van der Waals surface area contributed by atoms with Crippen LogP contribution in [0.3, 0.4) is 0 Å². The van der Waals surface area contributed by atoms with Gasteiger partial charge in [-0.3, -0.25) is 4.18 Å². The Balaban J connectivity index is 1.98. The molecule has 1 aliphatic rings.